The zero-order valence-electron chi connectivity index (χ0n) is 13.2. The number of hydrogen-bond donors (Lipinski definition) is 1. The van der Waals surface area contributed by atoms with E-state index in [1.807, 2.05) is 24.3 Å². The Hall–Kier alpha value is -2.40. The lowest BCUT2D eigenvalue weighted by atomic mass is 10.1. The molecule has 0 bridgehead atoms. The van der Waals surface area contributed by atoms with Gasteiger partial charge in [-0.15, -0.1) is 0 Å². The van der Waals surface area contributed by atoms with Gasteiger partial charge in [0, 0.05) is 17.7 Å². The summed E-state index contributed by atoms with van der Waals surface area (Å²) in [5.74, 6) is 1.39. The van der Waals surface area contributed by atoms with Crippen LogP contribution in [0.15, 0.2) is 36.4 Å². The van der Waals surface area contributed by atoms with Crippen LogP contribution in [0.2, 0.25) is 5.02 Å². The van der Waals surface area contributed by atoms with Crippen LogP contribution in [0, 0.1) is 0 Å². The minimum Gasteiger partial charge on any atom is -0.496 e. The number of anilines is 1. The van der Waals surface area contributed by atoms with Gasteiger partial charge in [0.25, 0.3) is 0 Å². The molecule has 0 atom stereocenters. The highest BCUT2D eigenvalue weighted by molar-refractivity contribution is 6.32. The number of amides is 1. The Bertz CT molecular complexity index is 703. The van der Waals surface area contributed by atoms with Crippen LogP contribution in [0.5, 0.6) is 17.2 Å². The largest absolute Gasteiger partial charge is 0.496 e. The molecule has 2 rings (SSSR count). The van der Waals surface area contributed by atoms with E-state index >= 15 is 0 Å². The number of methoxy groups -OCH3 is 3. The van der Waals surface area contributed by atoms with Crippen LogP contribution in [0.25, 0.3) is 0 Å². The highest BCUT2D eigenvalue weighted by Crippen LogP contribution is 2.36. The van der Waals surface area contributed by atoms with Crippen LogP contribution >= 0.6 is 11.6 Å². The van der Waals surface area contributed by atoms with E-state index in [1.54, 1.807) is 19.2 Å². The first-order chi connectivity index (χ1) is 11.1. The molecule has 0 unspecified atom stereocenters. The predicted octanol–water partition coefficient (Wildman–Crippen LogP) is 3.55. The van der Waals surface area contributed by atoms with Gasteiger partial charge in [-0.3, -0.25) is 4.79 Å². The van der Waals surface area contributed by atoms with Gasteiger partial charge in [-0.2, -0.15) is 0 Å². The molecule has 23 heavy (non-hydrogen) atoms. The summed E-state index contributed by atoms with van der Waals surface area (Å²) < 4.78 is 15.7. The van der Waals surface area contributed by atoms with Crippen LogP contribution in [0.1, 0.15) is 5.56 Å². The average molecular weight is 336 g/mol. The Morgan fingerprint density at radius 2 is 1.65 bits per heavy atom. The maximum atomic E-state index is 12.3. The molecule has 0 radical (unpaired) electrons. The number of para-hydroxylation sites is 1. The number of benzene rings is 2. The molecule has 2 aromatic carbocycles. The van der Waals surface area contributed by atoms with Crippen LogP contribution < -0.4 is 19.5 Å². The van der Waals surface area contributed by atoms with Crippen molar-refractivity contribution in [1.29, 1.82) is 0 Å². The second-order valence-electron chi connectivity index (χ2n) is 4.72. The summed E-state index contributed by atoms with van der Waals surface area (Å²) in [5.41, 5.74) is 1.29. The number of nitrogens with one attached hydrogen (secondary N) is 1. The molecule has 0 aliphatic rings. The topological polar surface area (TPSA) is 56.8 Å². The van der Waals surface area contributed by atoms with Crippen molar-refractivity contribution in [2.24, 2.45) is 0 Å². The van der Waals surface area contributed by atoms with Gasteiger partial charge in [0.15, 0.2) is 0 Å². The zero-order chi connectivity index (χ0) is 16.8. The number of rotatable bonds is 6. The number of carbonyl (C=O) groups excluding carboxylic acids is 1. The minimum absolute atomic E-state index is 0.179. The monoisotopic (exact) mass is 335 g/mol. The van der Waals surface area contributed by atoms with E-state index in [2.05, 4.69) is 5.32 Å². The number of hydrogen-bond acceptors (Lipinski definition) is 4. The summed E-state index contributed by atoms with van der Waals surface area (Å²) in [6, 6.07) is 10.6. The Kier molecular flexibility index (Phi) is 5.71. The second kappa shape index (κ2) is 7.74. The van der Waals surface area contributed by atoms with Gasteiger partial charge in [0.2, 0.25) is 5.91 Å². The molecule has 1 N–H and O–H groups in total. The van der Waals surface area contributed by atoms with Gasteiger partial charge >= 0.3 is 0 Å². The van der Waals surface area contributed by atoms with E-state index in [0.717, 1.165) is 5.56 Å². The van der Waals surface area contributed by atoms with Crippen LogP contribution in [0.3, 0.4) is 0 Å². The standard InChI is InChI=1S/C17H18ClNO4/c1-21-14-7-5-4-6-11(14)8-17(20)19-13-10-15(22-2)12(18)9-16(13)23-3/h4-7,9-10H,8H2,1-3H3,(H,19,20). The van der Waals surface area contributed by atoms with Gasteiger partial charge in [-0.1, -0.05) is 29.8 Å². The first-order valence-corrected chi connectivity index (χ1v) is 7.30. The Morgan fingerprint density at radius 1 is 1.00 bits per heavy atom. The fraction of sp³-hybridized carbons (Fsp3) is 0.235. The van der Waals surface area contributed by atoms with E-state index in [-0.39, 0.29) is 12.3 Å². The number of halogens is 1. The lowest BCUT2D eigenvalue weighted by Gasteiger charge is -2.14. The highest BCUT2D eigenvalue weighted by Gasteiger charge is 2.14. The average Bonchev–Trinajstić information content (AvgIpc) is 2.56. The summed E-state index contributed by atoms with van der Waals surface area (Å²) in [6.07, 6.45) is 0.179. The van der Waals surface area contributed by atoms with Crippen molar-refractivity contribution in [3.63, 3.8) is 0 Å². The van der Waals surface area contributed by atoms with Crippen molar-refractivity contribution in [2.75, 3.05) is 26.6 Å². The lowest BCUT2D eigenvalue weighted by molar-refractivity contribution is -0.115. The van der Waals surface area contributed by atoms with Crippen molar-refractivity contribution >= 4 is 23.2 Å². The zero-order valence-corrected chi connectivity index (χ0v) is 13.9. The van der Waals surface area contributed by atoms with Gasteiger partial charge < -0.3 is 19.5 Å². The normalized spacial score (nSPS) is 10.1. The van der Waals surface area contributed by atoms with Crippen molar-refractivity contribution in [3.05, 3.63) is 47.0 Å². The summed E-state index contributed by atoms with van der Waals surface area (Å²) in [6.45, 7) is 0. The van der Waals surface area contributed by atoms with Crippen molar-refractivity contribution in [2.45, 2.75) is 6.42 Å². The molecule has 2 aromatic rings. The fourth-order valence-electron chi connectivity index (χ4n) is 2.17. The molecule has 0 aliphatic carbocycles. The van der Waals surface area contributed by atoms with E-state index in [0.29, 0.717) is 28.0 Å². The summed E-state index contributed by atoms with van der Waals surface area (Å²) >= 11 is 6.05. The molecule has 0 saturated carbocycles. The first kappa shape index (κ1) is 17.0. The van der Waals surface area contributed by atoms with E-state index in [1.165, 1.54) is 14.2 Å². The first-order valence-electron chi connectivity index (χ1n) is 6.92. The maximum Gasteiger partial charge on any atom is 0.229 e. The number of ether oxygens (including phenoxy) is 3. The molecule has 0 heterocycles. The molecule has 0 aliphatic heterocycles. The molecule has 122 valence electrons. The van der Waals surface area contributed by atoms with Crippen molar-refractivity contribution in [3.8, 4) is 17.2 Å². The van der Waals surface area contributed by atoms with Crippen LogP contribution in [-0.2, 0) is 11.2 Å². The molecule has 0 saturated heterocycles. The summed E-state index contributed by atoms with van der Waals surface area (Å²) in [7, 11) is 4.59. The summed E-state index contributed by atoms with van der Waals surface area (Å²) in [4.78, 5) is 12.3. The Labute approximate surface area is 140 Å². The molecular formula is C17H18ClNO4. The Morgan fingerprint density at radius 3 is 2.30 bits per heavy atom. The SMILES string of the molecule is COc1cc(NC(=O)Cc2ccccc2OC)c(OC)cc1Cl. The quantitative estimate of drug-likeness (QED) is 0.877. The van der Waals surface area contributed by atoms with Crippen LogP contribution in [0.4, 0.5) is 5.69 Å². The maximum absolute atomic E-state index is 12.3. The van der Waals surface area contributed by atoms with Gasteiger partial charge in [0.05, 0.1) is 38.5 Å². The molecule has 5 nitrogen and oxygen atoms in total. The molecule has 6 heteroatoms. The molecule has 1 amide bonds. The fourth-order valence-corrected chi connectivity index (χ4v) is 2.41. The van der Waals surface area contributed by atoms with Crippen molar-refractivity contribution in [1.82, 2.24) is 0 Å². The molecule has 0 aromatic heterocycles. The third-order valence-corrected chi connectivity index (χ3v) is 3.59. The number of carbonyl (C=O) groups is 1. The van der Waals surface area contributed by atoms with E-state index < -0.39 is 0 Å². The molecule has 0 fully saturated rings. The van der Waals surface area contributed by atoms with Crippen molar-refractivity contribution < 1.29 is 19.0 Å². The van der Waals surface area contributed by atoms with Gasteiger partial charge in [0.1, 0.15) is 17.2 Å². The van der Waals surface area contributed by atoms with E-state index in [9.17, 15) is 4.79 Å². The highest BCUT2D eigenvalue weighted by atomic mass is 35.5. The summed E-state index contributed by atoms with van der Waals surface area (Å²) in [5, 5.41) is 3.21. The van der Waals surface area contributed by atoms with Crippen LogP contribution in [-0.4, -0.2) is 27.2 Å². The Balaban J connectivity index is 2.20. The second-order valence-corrected chi connectivity index (χ2v) is 5.13. The lowest BCUT2D eigenvalue weighted by Crippen LogP contribution is -2.15. The third kappa shape index (κ3) is 4.07. The van der Waals surface area contributed by atoms with E-state index in [4.69, 9.17) is 25.8 Å². The van der Waals surface area contributed by atoms with Gasteiger partial charge in [-0.25, -0.2) is 0 Å². The minimum atomic E-state index is -0.197. The third-order valence-electron chi connectivity index (χ3n) is 3.29. The predicted molar refractivity (Wildman–Crippen MR) is 89.9 cm³/mol. The molecular weight excluding hydrogens is 318 g/mol. The van der Waals surface area contributed by atoms with Gasteiger partial charge in [-0.05, 0) is 6.07 Å². The smallest absolute Gasteiger partial charge is 0.229 e. The molecule has 0 spiro atoms.